The molecule has 0 fully saturated rings. The Morgan fingerprint density at radius 3 is 2.30 bits per heavy atom. The van der Waals surface area contributed by atoms with E-state index < -0.39 is 30.1 Å². The van der Waals surface area contributed by atoms with E-state index in [1.807, 2.05) is 0 Å². The van der Waals surface area contributed by atoms with Gasteiger partial charge in [-0.25, -0.2) is 0 Å². The van der Waals surface area contributed by atoms with Crippen LogP contribution in [0, 0.1) is 10.1 Å². The number of halogens is 3. The van der Waals surface area contributed by atoms with Crippen LogP contribution in [-0.2, 0) is 11.3 Å². The van der Waals surface area contributed by atoms with Gasteiger partial charge in [-0.3, -0.25) is 19.7 Å². The Morgan fingerprint density at radius 2 is 1.67 bits per heavy atom. The second kappa shape index (κ2) is 10.4. The van der Waals surface area contributed by atoms with E-state index in [9.17, 15) is 32.9 Å². The van der Waals surface area contributed by atoms with Gasteiger partial charge in [0.1, 0.15) is 6.54 Å². The van der Waals surface area contributed by atoms with Crippen molar-refractivity contribution < 1.29 is 27.7 Å². The lowest BCUT2D eigenvalue weighted by Gasteiger charge is -2.24. The number of amides is 2. The number of nitro benzene ring substituents is 1. The van der Waals surface area contributed by atoms with Crippen molar-refractivity contribution in [1.82, 2.24) is 10.2 Å². The predicted molar refractivity (Wildman–Crippen MR) is 103 cm³/mol. The van der Waals surface area contributed by atoms with Crippen LogP contribution in [0.1, 0.15) is 28.8 Å². The molecule has 2 aromatic carbocycles. The first-order valence-electron chi connectivity index (χ1n) is 9.07. The molecule has 0 unspecified atom stereocenters. The number of hydrogen-bond acceptors (Lipinski definition) is 4. The van der Waals surface area contributed by atoms with Gasteiger partial charge < -0.3 is 10.2 Å². The topological polar surface area (TPSA) is 92.6 Å². The Morgan fingerprint density at radius 1 is 1.03 bits per heavy atom. The zero-order valence-corrected chi connectivity index (χ0v) is 15.9. The predicted octanol–water partition coefficient (Wildman–Crippen LogP) is 3.70. The third kappa shape index (κ3) is 7.19. The third-order valence-electron chi connectivity index (χ3n) is 4.16. The molecule has 7 nitrogen and oxygen atoms in total. The lowest BCUT2D eigenvalue weighted by Crippen LogP contribution is -2.39. The molecule has 0 atom stereocenters. The van der Waals surface area contributed by atoms with E-state index in [1.54, 1.807) is 30.3 Å². The van der Waals surface area contributed by atoms with Crippen molar-refractivity contribution in [1.29, 1.82) is 0 Å². The molecule has 0 aliphatic carbocycles. The monoisotopic (exact) mass is 423 g/mol. The molecule has 2 rings (SSSR count). The summed E-state index contributed by atoms with van der Waals surface area (Å²) in [7, 11) is 0. The summed E-state index contributed by atoms with van der Waals surface area (Å²) in [5.41, 5.74) is 0.0870. The van der Waals surface area contributed by atoms with Crippen LogP contribution >= 0.6 is 0 Å². The van der Waals surface area contributed by atoms with Crippen molar-refractivity contribution in [2.24, 2.45) is 0 Å². The number of carbonyl (C=O) groups excluding carboxylic acids is 2. The largest absolute Gasteiger partial charge is 0.406 e. The average molecular weight is 423 g/mol. The van der Waals surface area contributed by atoms with Gasteiger partial charge in [-0.15, -0.1) is 0 Å². The summed E-state index contributed by atoms with van der Waals surface area (Å²) >= 11 is 0. The van der Waals surface area contributed by atoms with Crippen LogP contribution in [0.25, 0.3) is 0 Å². The fourth-order valence-corrected chi connectivity index (χ4v) is 2.77. The Bertz CT molecular complexity index is 888. The van der Waals surface area contributed by atoms with E-state index in [1.165, 1.54) is 24.3 Å². The van der Waals surface area contributed by atoms with Gasteiger partial charge in [0.25, 0.3) is 11.6 Å². The second-order valence-electron chi connectivity index (χ2n) is 6.48. The highest BCUT2D eigenvalue weighted by Crippen LogP contribution is 2.23. The number of rotatable bonds is 9. The molecule has 2 amide bonds. The summed E-state index contributed by atoms with van der Waals surface area (Å²) in [6, 6.07) is 13.7. The van der Waals surface area contributed by atoms with Gasteiger partial charge >= 0.3 is 6.18 Å². The molecule has 0 heterocycles. The standard InChI is InChI=1S/C20H20F3N3O4/c21-20(22,23)14-25(13-16-9-4-5-10-17(16)26(29)30)18(27)11-6-12-24-19(28)15-7-2-1-3-8-15/h1-5,7-10H,6,11-14H2,(H,24,28). The molecule has 0 aliphatic heterocycles. The summed E-state index contributed by atoms with van der Waals surface area (Å²) in [6.07, 6.45) is -4.77. The Labute approximate surface area is 170 Å². The normalized spacial score (nSPS) is 11.0. The zero-order valence-electron chi connectivity index (χ0n) is 15.9. The molecule has 0 saturated carbocycles. The number of para-hydroxylation sites is 1. The summed E-state index contributed by atoms with van der Waals surface area (Å²) in [6.45, 7) is -1.95. The van der Waals surface area contributed by atoms with Gasteiger partial charge in [-0.05, 0) is 18.6 Å². The first-order valence-corrected chi connectivity index (χ1v) is 9.07. The first-order chi connectivity index (χ1) is 14.2. The lowest BCUT2D eigenvalue weighted by atomic mass is 10.1. The fraction of sp³-hybridized carbons (Fsp3) is 0.300. The number of benzene rings is 2. The second-order valence-corrected chi connectivity index (χ2v) is 6.48. The number of nitrogens with zero attached hydrogens (tertiary/aromatic N) is 2. The molecule has 160 valence electrons. The van der Waals surface area contributed by atoms with E-state index >= 15 is 0 Å². The first kappa shape index (κ1) is 22.9. The van der Waals surface area contributed by atoms with Crippen molar-refractivity contribution in [3.63, 3.8) is 0 Å². The number of carbonyl (C=O) groups is 2. The molecular weight excluding hydrogens is 403 g/mol. The zero-order chi connectivity index (χ0) is 22.1. The minimum atomic E-state index is -4.65. The van der Waals surface area contributed by atoms with Crippen LogP contribution in [0.3, 0.4) is 0 Å². The van der Waals surface area contributed by atoms with Crippen LogP contribution in [0.5, 0.6) is 0 Å². The van der Waals surface area contributed by atoms with E-state index in [2.05, 4.69) is 5.32 Å². The maximum atomic E-state index is 12.9. The molecule has 0 bridgehead atoms. The molecular formula is C20H20F3N3O4. The van der Waals surface area contributed by atoms with Gasteiger partial charge in [-0.1, -0.05) is 36.4 Å². The van der Waals surface area contributed by atoms with Crippen LogP contribution < -0.4 is 5.32 Å². The van der Waals surface area contributed by atoms with E-state index in [-0.39, 0.29) is 36.5 Å². The Hall–Kier alpha value is -3.43. The highest BCUT2D eigenvalue weighted by Gasteiger charge is 2.33. The fourth-order valence-electron chi connectivity index (χ4n) is 2.77. The number of hydrogen-bond donors (Lipinski definition) is 1. The highest BCUT2D eigenvalue weighted by atomic mass is 19.4. The summed E-state index contributed by atoms with van der Waals surface area (Å²) in [5, 5.41) is 13.7. The molecule has 30 heavy (non-hydrogen) atoms. The highest BCUT2D eigenvalue weighted by molar-refractivity contribution is 5.94. The molecule has 0 spiro atoms. The average Bonchev–Trinajstić information content (AvgIpc) is 2.70. The molecule has 0 aromatic heterocycles. The van der Waals surface area contributed by atoms with E-state index in [0.717, 1.165) is 0 Å². The molecule has 0 aliphatic rings. The van der Waals surface area contributed by atoms with E-state index in [4.69, 9.17) is 0 Å². The number of nitro groups is 1. The van der Waals surface area contributed by atoms with Crippen molar-refractivity contribution in [3.8, 4) is 0 Å². The Balaban J connectivity index is 1.97. The van der Waals surface area contributed by atoms with Gasteiger partial charge in [0, 0.05) is 30.2 Å². The quantitative estimate of drug-likeness (QED) is 0.378. The van der Waals surface area contributed by atoms with Gasteiger partial charge in [0.2, 0.25) is 5.91 Å². The summed E-state index contributed by atoms with van der Waals surface area (Å²) in [4.78, 5) is 35.2. The van der Waals surface area contributed by atoms with E-state index in [0.29, 0.717) is 10.5 Å². The molecule has 0 radical (unpaired) electrons. The Kier molecular flexibility index (Phi) is 7.90. The third-order valence-corrected chi connectivity index (χ3v) is 4.16. The summed E-state index contributed by atoms with van der Waals surface area (Å²) in [5.74, 6) is -1.16. The maximum Gasteiger partial charge on any atom is 0.406 e. The minimum absolute atomic E-state index is 0.0116. The molecule has 10 heteroatoms. The van der Waals surface area contributed by atoms with Crippen molar-refractivity contribution in [2.75, 3.05) is 13.1 Å². The van der Waals surface area contributed by atoms with Gasteiger partial charge in [-0.2, -0.15) is 13.2 Å². The molecule has 1 N–H and O–H groups in total. The van der Waals surface area contributed by atoms with Crippen LogP contribution in [0.15, 0.2) is 54.6 Å². The van der Waals surface area contributed by atoms with Crippen molar-refractivity contribution in [2.45, 2.75) is 25.6 Å². The smallest absolute Gasteiger partial charge is 0.352 e. The van der Waals surface area contributed by atoms with Crippen LogP contribution in [0.4, 0.5) is 18.9 Å². The molecule has 0 saturated heterocycles. The van der Waals surface area contributed by atoms with Gasteiger partial charge in [0.05, 0.1) is 11.5 Å². The van der Waals surface area contributed by atoms with Crippen molar-refractivity contribution in [3.05, 3.63) is 75.8 Å². The maximum absolute atomic E-state index is 12.9. The SMILES string of the molecule is O=C(NCCCC(=O)N(Cc1ccccc1[N+](=O)[O-])CC(F)(F)F)c1ccccc1. The molecule has 2 aromatic rings. The number of alkyl halides is 3. The minimum Gasteiger partial charge on any atom is -0.352 e. The van der Waals surface area contributed by atoms with Gasteiger partial charge in [0.15, 0.2) is 0 Å². The lowest BCUT2D eigenvalue weighted by molar-refractivity contribution is -0.385. The number of nitrogens with one attached hydrogen (secondary N) is 1. The summed E-state index contributed by atoms with van der Waals surface area (Å²) < 4.78 is 38.8. The van der Waals surface area contributed by atoms with Crippen LogP contribution in [-0.4, -0.2) is 40.9 Å². The van der Waals surface area contributed by atoms with Crippen LogP contribution in [0.2, 0.25) is 0 Å². The van der Waals surface area contributed by atoms with Crippen molar-refractivity contribution >= 4 is 17.5 Å².